The molecule has 0 radical (unpaired) electrons. The average molecular weight is 357 g/mol. The molecule has 1 fully saturated rings. The molecule has 1 aliphatic rings. The van der Waals surface area contributed by atoms with Crippen molar-refractivity contribution in [1.82, 2.24) is 4.90 Å². The van der Waals surface area contributed by atoms with Crippen molar-refractivity contribution in [2.45, 2.75) is 19.8 Å². The van der Waals surface area contributed by atoms with E-state index in [2.05, 4.69) is 5.32 Å². The van der Waals surface area contributed by atoms with Gasteiger partial charge < -0.3 is 14.6 Å². The van der Waals surface area contributed by atoms with Gasteiger partial charge in [-0.15, -0.1) is 0 Å². The normalized spacial score (nSPS) is 14.9. The molecule has 1 saturated heterocycles. The van der Waals surface area contributed by atoms with Crippen molar-refractivity contribution in [2.24, 2.45) is 5.92 Å². The number of furan rings is 1. The Morgan fingerprint density at radius 1 is 1.27 bits per heavy atom. The summed E-state index contributed by atoms with van der Waals surface area (Å²) in [6, 6.07) is 6.22. The minimum absolute atomic E-state index is 0.0247. The second kappa shape index (κ2) is 7.38. The summed E-state index contributed by atoms with van der Waals surface area (Å²) in [6.45, 7) is 2.58. The van der Waals surface area contributed by atoms with Crippen LogP contribution >= 0.6 is 0 Å². The number of nitro benzene ring substituents is 1. The fourth-order valence-electron chi connectivity index (χ4n) is 3.10. The lowest BCUT2D eigenvalue weighted by Crippen LogP contribution is -2.41. The molecule has 136 valence electrons. The van der Waals surface area contributed by atoms with Crippen molar-refractivity contribution in [3.8, 4) is 0 Å². The van der Waals surface area contributed by atoms with Gasteiger partial charge in [-0.3, -0.25) is 19.7 Å². The van der Waals surface area contributed by atoms with Gasteiger partial charge in [0.25, 0.3) is 11.6 Å². The fourth-order valence-corrected chi connectivity index (χ4v) is 3.10. The molecule has 0 aliphatic carbocycles. The van der Waals surface area contributed by atoms with Crippen molar-refractivity contribution < 1.29 is 18.9 Å². The third kappa shape index (κ3) is 3.58. The molecule has 1 N–H and O–H groups in total. The maximum absolute atomic E-state index is 12.5. The second-order valence-corrected chi connectivity index (χ2v) is 6.27. The maximum Gasteiger partial charge on any atom is 0.274 e. The van der Waals surface area contributed by atoms with Crippen LogP contribution in [0.15, 0.2) is 41.2 Å². The van der Waals surface area contributed by atoms with Crippen LogP contribution in [0.25, 0.3) is 0 Å². The lowest BCUT2D eigenvalue weighted by molar-refractivity contribution is -0.385. The number of benzene rings is 1. The van der Waals surface area contributed by atoms with E-state index >= 15 is 0 Å². The van der Waals surface area contributed by atoms with Crippen LogP contribution in [0, 0.1) is 23.0 Å². The molecular weight excluding hydrogens is 338 g/mol. The molecule has 8 heteroatoms. The second-order valence-electron chi connectivity index (χ2n) is 6.27. The number of hydrogen-bond donors (Lipinski definition) is 1. The summed E-state index contributed by atoms with van der Waals surface area (Å²) in [6.07, 6.45) is 3.95. The third-order valence-electron chi connectivity index (χ3n) is 4.68. The lowest BCUT2D eigenvalue weighted by Gasteiger charge is -2.31. The molecule has 0 unspecified atom stereocenters. The summed E-state index contributed by atoms with van der Waals surface area (Å²) in [5.74, 6) is -0.516. The van der Waals surface area contributed by atoms with Crippen molar-refractivity contribution in [3.05, 3.63) is 58.0 Å². The molecule has 2 amide bonds. The fraction of sp³-hybridized carbons (Fsp3) is 0.333. The zero-order chi connectivity index (χ0) is 18.7. The number of rotatable bonds is 4. The number of piperidine rings is 1. The first kappa shape index (κ1) is 17.7. The van der Waals surface area contributed by atoms with E-state index in [0.29, 0.717) is 42.7 Å². The van der Waals surface area contributed by atoms with Gasteiger partial charge in [-0.1, -0.05) is 6.07 Å². The Morgan fingerprint density at radius 3 is 2.62 bits per heavy atom. The Labute approximate surface area is 149 Å². The van der Waals surface area contributed by atoms with E-state index in [9.17, 15) is 19.7 Å². The van der Waals surface area contributed by atoms with Crippen LogP contribution in [0.1, 0.15) is 28.8 Å². The molecule has 0 saturated carbocycles. The minimum Gasteiger partial charge on any atom is -0.472 e. The molecule has 2 heterocycles. The molecule has 8 nitrogen and oxygen atoms in total. The zero-order valence-corrected chi connectivity index (χ0v) is 14.3. The van der Waals surface area contributed by atoms with Crippen molar-refractivity contribution in [2.75, 3.05) is 18.4 Å². The van der Waals surface area contributed by atoms with Crippen LogP contribution in [0.4, 0.5) is 11.4 Å². The predicted octanol–water partition coefficient (Wildman–Crippen LogP) is 2.99. The maximum atomic E-state index is 12.5. The summed E-state index contributed by atoms with van der Waals surface area (Å²) in [7, 11) is 0. The molecular formula is C18H19N3O5. The Bertz CT molecular complexity index is 823. The number of nitrogens with one attached hydrogen (secondary N) is 1. The largest absolute Gasteiger partial charge is 0.472 e. The number of anilines is 1. The number of amides is 2. The van der Waals surface area contributed by atoms with Crippen LogP contribution in [-0.2, 0) is 4.79 Å². The van der Waals surface area contributed by atoms with Crippen LogP contribution in [0.2, 0.25) is 0 Å². The van der Waals surface area contributed by atoms with Gasteiger partial charge in [-0.2, -0.15) is 0 Å². The zero-order valence-electron chi connectivity index (χ0n) is 14.3. The molecule has 1 aliphatic heterocycles. The van der Waals surface area contributed by atoms with Crippen LogP contribution in [0.3, 0.4) is 0 Å². The molecule has 1 aromatic carbocycles. The van der Waals surface area contributed by atoms with E-state index in [1.807, 2.05) is 0 Å². The van der Waals surface area contributed by atoms with Crippen molar-refractivity contribution >= 4 is 23.2 Å². The summed E-state index contributed by atoms with van der Waals surface area (Å²) >= 11 is 0. The Kier molecular flexibility index (Phi) is 5.01. The quantitative estimate of drug-likeness (QED) is 0.669. The molecule has 26 heavy (non-hydrogen) atoms. The monoisotopic (exact) mass is 357 g/mol. The average Bonchev–Trinajstić information content (AvgIpc) is 3.17. The number of carbonyl (C=O) groups excluding carboxylic acids is 2. The summed E-state index contributed by atoms with van der Waals surface area (Å²) < 4.78 is 4.93. The van der Waals surface area contributed by atoms with Crippen LogP contribution in [0.5, 0.6) is 0 Å². The third-order valence-corrected chi connectivity index (χ3v) is 4.68. The summed E-state index contributed by atoms with van der Waals surface area (Å²) in [4.78, 5) is 37.0. The number of carbonyl (C=O) groups is 2. The van der Waals surface area contributed by atoms with Gasteiger partial charge in [0.1, 0.15) is 6.26 Å². The van der Waals surface area contributed by atoms with E-state index in [1.54, 1.807) is 30.0 Å². The lowest BCUT2D eigenvalue weighted by atomic mass is 9.95. The Balaban J connectivity index is 1.60. The van der Waals surface area contributed by atoms with E-state index in [0.717, 1.165) is 0 Å². The highest BCUT2D eigenvalue weighted by molar-refractivity contribution is 5.95. The number of nitro groups is 1. The Morgan fingerprint density at radius 2 is 2.00 bits per heavy atom. The van der Waals surface area contributed by atoms with Gasteiger partial charge >= 0.3 is 0 Å². The number of nitrogens with zero attached hydrogens (tertiary/aromatic N) is 2. The van der Waals surface area contributed by atoms with Gasteiger partial charge in [0.05, 0.1) is 28.0 Å². The van der Waals surface area contributed by atoms with Gasteiger partial charge in [0.2, 0.25) is 5.91 Å². The standard InChI is InChI=1S/C18H19N3O5/c1-12-15(3-2-4-16(12)21(24)25)19-17(22)13-5-8-20(9-6-13)18(23)14-7-10-26-11-14/h2-4,7,10-11,13H,5-6,8-9H2,1H3,(H,19,22). The Hall–Kier alpha value is -3.16. The predicted molar refractivity (Wildman–Crippen MR) is 93.8 cm³/mol. The molecule has 2 aromatic rings. The van der Waals surface area contributed by atoms with Crippen molar-refractivity contribution in [3.63, 3.8) is 0 Å². The van der Waals surface area contributed by atoms with Gasteiger partial charge in [0.15, 0.2) is 0 Å². The minimum atomic E-state index is -0.467. The first-order valence-electron chi connectivity index (χ1n) is 8.33. The van der Waals surface area contributed by atoms with E-state index in [1.165, 1.54) is 18.6 Å². The van der Waals surface area contributed by atoms with Crippen LogP contribution < -0.4 is 5.32 Å². The van der Waals surface area contributed by atoms with E-state index in [4.69, 9.17) is 4.42 Å². The molecule has 0 atom stereocenters. The number of likely N-dealkylation sites (tertiary alicyclic amines) is 1. The molecule has 0 spiro atoms. The topological polar surface area (TPSA) is 106 Å². The first-order valence-corrected chi connectivity index (χ1v) is 8.33. The van der Waals surface area contributed by atoms with Crippen LogP contribution in [-0.4, -0.2) is 34.7 Å². The summed E-state index contributed by atoms with van der Waals surface area (Å²) in [5.41, 5.74) is 1.35. The van der Waals surface area contributed by atoms with Gasteiger partial charge in [0, 0.05) is 25.1 Å². The van der Waals surface area contributed by atoms with E-state index < -0.39 is 4.92 Å². The molecule has 0 bridgehead atoms. The SMILES string of the molecule is Cc1c(NC(=O)C2CCN(C(=O)c3ccoc3)CC2)cccc1[N+](=O)[O-]. The highest BCUT2D eigenvalue weighted by Crippen LogP contribution is 2.27. The smallest absolute Gasteiger partial charge is 0.274 e. The first-order chi connectivity index (χ1) is 12.5. The highest BCUT2D eigenvalue weighted by atomic mass is 16.6. The number of hydrogen-bond acceptors (Lipinski definition) is 5. The summed E-state index contributed by atoms with van der Waals surface area (Å²) in [5, 5.41) is 13.8. The van der Waals surface area contributed by atoms with Gasteiger partial charge in [-0.05, 0) is 31.9 Å². The van der Waals surface area contributed by atoms with Gasteiger partial charge in [-0.25, -0.2) is 0 Å². The molecule has 3 rings (SSSR count). The highest BCUT2D eigenvalue weighted by Gasteiger charge is 2.28. The van der Waals surface area contributed by atoms with Crippen molar-refractivity contribution in [1.29, 1.82) is 0 Å². The van der Waals surface area contributed by atoms with E-state index in [-0.39, 0.29) is 23.4 Å². The molecule has 1 aromatic heterocycles.